The maximum absolute atomic E-state index is 14.1. The van der Waals surface area contributed by atoms with E-state index >= 15 is 0 Å². The molecule has 5 heterocycles. The number of pyridine rings is 3. The number of hydrogen-bond acceptors (Lipinski definition) is 5. The molecule has 1 aromatic carbocycles. The number of nitrogens with zero attached hydrogens (tertiary/aromatic N) is 4. The van der Waals surface area contributed by atoms with E-state index in [0.717, 1.165) is 66.8 Å². The summed E-state index contributed by atoms with van der Waals surface area (Å²) in [5.41, 5.74) is 8.47. The second-order valence-corrected chi connectivity index (χ2v) is 9.30. The third kappa shape index (κ3) is 3.96. The maximum Gasteiger partial charge on any atom is 0.124 e. The number of H-pyrrole nitrogens is 2. The smallest absolute Gasteiger partial charge is 0.124 e. The van der Waals surface area contributed by atoms with E-state index in [0.29, 0.717) is 6.04 Å². The largest absolute Gasteiger partial charge is 0.382 e. The first-order valence-electron chi connectivity index (χ1n) is 11.8. The zero-order valence-electron chi connectivity index (χ0n) is 20.1. The third-order valence-corrected chi connectivity index (χ3v) is 6.09. The van der Waals surface area contributed by atoms with Gasteiger partial charge in [0.25, 0.3) is 0 Å². The van der Waals surface area contributed by atoms with Crippen LogP contribution in [-0.2, 0) is 0 Å². The second kappa shape index (κ2) is 8.57. The second-order valence-electron chi connectivity index (χ2n) is 9.30. The molecule has 0 aliphatic carbocycles. The average Bonchev–Trinajstić information content (AvgIpc) is 3.46. The highest BCUT2D eigenvalue weighted by molar-refractivity contribution is 6.01. The average molecular weight is 478 g/mol. The van der Waals surface area contributed by atoms with Crippen molar-refractivity contribution in [2.24, 2.45) is 0 Å². The summed E-state index contributed by atoms with van der Waals surface area (Å²) in [5.74, 6) is -0.266. The van der Waals surface area contributed by atoms with Crippen LogP contribution in [0.25, 0.3) is 55.6 Å². The van der Waals surface area contributed by atoms with Crippen LogP contribution < -0.4 is 5.32 Å². The topological polar surface area (TPSA) is 95.2 Å². The summed E-state index contributed by atoms with van der Waals surface area (Å²) in [5, 5.41) is 12.9. The van der Waals surface area contributed by atoms with Crippen LogP contribution >= 0.6 is 0 Å². The molecule has 3 N–H and O–H groups in total. The van der Waals surface area contributed by atoms with E-state index in [1.807, 2.05) is 37.4 Å². The molecule has 8 heteroatoms. The standard InChI is InChI=1S/C28H24FN7/c1-15(2)33-20-7-18(10-30-11-20)24-9-22-27(14-32-24)35-36-28(22)25-8-21-23(12-31-13-26(21)34-25)17-4-16(3)5-19(29)6-17/h4-15,33-34H,1-3H3,(H,35,36). The molecule has 0 radical (unpaired) electrons. The minimum Gasteiger partial charge on any atom is -0.382 e. The molecule has 0 bridgehead atoms. The van der Waals surface area contributed by atoms with Crippen molar-refractivity contribution in [2.45, 2.75) is 26.8 Å². The van der Waals surface area contributed by atoms with Gasteiger partial charge < -0.3 is 10.3 Å². The van der Waals surface area contributed by atoms with Crippen molar-refractivity contribution in [1.82, 2.24) is 30.1 Å². The lowest BCUT2D eigenvalue weighted by atomic mass is 10.0. The van der Waals surface area contributed by atoms with Gasteiger partial charge in [0.2, 0.25) is 0 Å². The van der Waals surface area contributed by atoms with E-state index in [1.54, 1.807) is 24.8 Å². The number of nitrogens with one attached hydrogen (secondary N) is 3. The summed E-state index contributed by atoms with van der Waals surface area (Å²) in [7, 11) is 0. The lowest BCUT2D eigenvalue weighted by Crippen LogP contribution is -2.09. The van der Waals surface area contributed by atoms with Gasteiger partial charge in [-0.15, -0.1) is 0 Å². The van der Waals surface area contributed by atoms with Gasteiger partial charge in [0.1, 0.15) is 11.5 Å². The molecule has 0 amide bonds. The first-order valence-corrected chi connectivity index (χ1v) is 11.8. The molecule has 178 valence electrons. The molecular formula is C28H24FN7. The van der Waals surface area contributed by atoms with Crippen LogP contribution in [0.2, 0.25) is 0 Å². The fourth-order valence-electron chi connectivity index (χ4n) is 4.57. The van der Waals surface area contributed by atoms with Gasteiger partial charge in [-0.2, -0.15) is 5.10 Å². The Morgan fingerprint density at radius 1 is 0.833 bits per heavy atom. The van der Waals surface area contributed by atoms with Crippen LogP contribution in [0, 0.1) is 12.7 Å². The molecule has 5 aromatic heterocycles. The summed E-state index contributed by atoms with van der Waals surface area (Å²) >= 11 is 0. The van der Waals surface area contributed by atoms with E-state index in [-0.39, 0.29) is 5.82 Å². The Balaban J connectivity index is 1.45. The normalized spacial score (nSPS) is 11.6. The molecular weight excluding hydrogens is 453 g/mol. The molecule has 7 nitrogen and oxygen atoms in total. The Bertz CT molecular complexity index is 1710. The summed E-state index contributed by atoms with van der Waals surface area (Å²) in [6.07, 6.45) is 8.94. The maximum atomic E-state index is 14.1. The first-order chi connectivity index (χ1) is 17.4. The number of benzene rings is 1. The molecule has 0 saturated heterocycles. The van der Waals surface area contributed by atoms with Gasteiger partial charge in [-0.25, -0.2) is 4.39 Å². The van der Waals surface area contributed by atoms with Crippen LogP contribution in [0.5, 0.6) is 0 Å². The quantitative estimate of drug-likeness (QED) is 0.263. The predicted molar refractivity (Wildman–Crippen MR) is 141 cm³/mol. The van der Waals surface area contributed by atoms with Crippen LogP contribution in [0.4, 0.5) is 10.1 Å². The zero-order valence-corrected chi connectivity index (χ0v) is 20.1. The number of aromatic amines is 2. The Kier molecular flexibility index (Phi) is 5.21. The highest BCUT2D eigenvalue weighted by Gasteiger charge is 2.16. The van der Waals surface area contributed by atoms with Gasteiger partial charge >= 0.3 is 0 Å². The van der Waals surface area contributed by atoms with Gasteiger partial charge in [0.05, 0.1) is 40.5 Å². The summed E-state index contributed by atoms with van der Waals surface area (Å²) in [4.78, 5) is 16.8. The van der Waals surface area contributed by atoms with Crippen LogP contribution in [-0.4, -0.2) is 36.2 Å². The lowest BCUT2D eigenvalue weighted by Gasteiger charge is -2.10. The van der Waals surface area contributed by atoms with E-state index in [9.17, 15) is 4.39 Å². The molecule has 0 saturated carbocycles. The minimum atomic E-state index is -0.266. The van der Waals surface area contributed by atoms with Crippen LogP contribution in [0.15, 0.2) is 67.4 Å². The van der Waals surface area contributed by atoms with Gasteiger partial charge in [-0.1, -0.05) is 6.07 Å². The number of anilines is 1. The molecule has 0 fully saturated rings. The van der Waals surface area contributed by atoms with Crippen molar-refractivity contribution < 1.29 is 4.39 Å². The van der Waals surface area contributed by atoms with Gasteiger partial charge in [0.15, 0.2) is 0 Å². The van der Waals surface area contributed by atoms with Gasteiger partial charge in [-0.3, -0.25) is 20.1 Å². The summed E-state index contributed by atoms with van der Waals surface area (Å²) in [6, 6.07) is 11.4. The first kappa shape index (κ1) is 21.9. The van der Waals surface area contributed by atoms with Crippen molar-refractivity contribution >= 4 is 27.5 Å². The van der Waals surface area contributed by atoms with E-state index in [4.69, 9.17) is 0 Å². The zero-order chi connectivity index (χ0) is 24.8. The summed E-state index contributed by atoms with van der Waals surface area (Å²) in [6.45, 7) is 6.06. The van der Waals surface area contributed by atoms with Gasteiger partial charge in [-0.05, 0) is 62.2 Å². The number of hydrogen-bond donors (Lipinski definition) is 3. The Labute approximate surface area is 206 Å². The van der Waals surface area contributed by atoms with Crippen molar-refractivity contribution in [1.29, 1.82) is 0 Å². The summed E-state index contributed by atoms with van der Waals surface area (Å²) < 4.78 is 14.1. The Morgan fingerprint density at radius 3 is 2.53 bits per heavy atom. The third-order valence-electron chi connectivity index (χ3n) is 6.09. The molecule has 0 unspecified atom stereocenters. The SMILES string of the molecule is Cc1cc(F)cc(-c2cncc3[nH]c(-c4n[nH]c5cnc(-c6cncc(NC(C)C)c6)cc45)cc23)c1. The van der Waals surface area contributed by atoms with Crippen molar-refractivity contribution in [2.75, 3.05) is 5.32 Å². The number of rotatable bonds is 5. The van der Waals surface area contributed by atoms with E-state index in [2.05, 4.69) is 49.3 Å². The van der Waals surface area contributed by atoms with E-state index in [1.165, 1.54) is 12.1 Å². The van der Waals surface area contributed by atoms with E-state index < -0.39 is 0 Å². The fraction of sp³-hybridized carbons (Fsp3) is 0.143. The molecule has 6 aromatic rings. The highest BCUT2D eigenvalue weighted by Crippen LogP contribution is 2.35. The molecule has 0 atom stereocenters. The Morgan fingerprint density at radius 2 is 1.69 bits per heavy atom. The fourth-order valence-corrected chi connectivity index (χ4v) is 4.57. The monoisotopic (exact) mass is 477 g/mol. The molecule has 0 aliphatic heterocycles. The molecule has 0 aliphatic rings. The molecule has 6 rings (SSSR count). The van der Waals surface area contributed by atoms with Crippen molar-refractivity contribution in [3.8, 4) is 33.8 Å². The van der Waals surface area contributed by atoms with Crippen molar-refractivity contribution in [3.05, 3.63) is 78.8 Å². The Hall–Kier alpha value is -4.59. The predicted octanol–water partition coefficient (Wildman–Crippen LogP) is 6.50. The minimum absolute atomic E-state index is 0.266. The van der Waals surface area contributed by atoms with Crippen LogP contribution in [0.3, 0.4) is 0 Å². The number of aryl methyl sites for hydroxylation is 1. The number of aromatic nitrogens is 6. The van der Waals surface area contributed by atoms with Gasteiger partial charge in [0, 0.05) is 46.5 Å². The van der Waals surface area contributed by atoms with Crippen molar-refractivity contribution in [3.63, 3.8) is 0 Å². The number of halogens is 1. The molecule has 36 heavy (non-hydrogen) atoms. The highest BCUT2D eigenvalue weighted by atomic mass is 19.1. The number of fused-ring (bicyclic) bond motifs is 2. The lowest BCUT2D eigenvalue weighted by molar-refractivity contribution is 0.627. The molecule has 0 spiro atoms. The van der Waals surface area contributed by atoms with Crippen LogP contribution in [0.1, 0.15) is 19.4 Å².